The predicted octanol–water partition coefficient (Wildman–Crippen LogP) is 4.43. The van der Waals surface area contributed by atoms with E-state index < -0.39 is 11.8 Å². The Kier molecular flexibility index (Phi) is 4.02. The van der Waals surface area contributed by atoms with Gasteiger partial charge in [0, 0.05) is 0 Å². The van der Waals surface area contributed by atoms with Gasteiger partial charge in [-0.1, -0.05) is 29.8 Å². The molecule has 0 spiro atoms. The zero-order chi connectivity index (χ0) is 13.8. The summed E-state index contributed by atoms with van der Waals surface area (Å²) in [6.07, 6.45) is 0. The molecule has 0 unspecified atom stereocenters. The fourth-order valence-electron chi connectivity index (χ4n) is 1.57. The minimum Gasteiger partial charge on any atom is -0.306 e. The number of carbonyl (C=O) groups excluding carboxylic acids is 1. The highest BCUT2D eigenvalue weighted by Crippen LogP contribution is 2.23. The van der Waals surface area contributed by atoms with Crippen molar-refractivity contribution in [1.29, 1.82) is 0 Å². The van der Waals surface area contributed by atoms with Crippen molar-refractivity contribution in [2.45, 2.75) is 6.92 Å². The average Bonchev–Trinajstić information content (AvgIpc) is 2.37. The number of para-hydroxylation sites is 1. The van der Waals surface area contributed by atoms with Crippen LogP contribution in [0.5, 0.6) is 0 Å². The van der Waals surface area contributed by atoms with Gasteiger partial charge in [0.25, 0.3) is 0 Å². The van der Waals surface area contributed by atoms with Crippen LogP contribution in [0, 0.1) is 12.7 Å². The summed E-state index contributed by atoms with van der Waals surface area (Å²) in [6, 6.07) is 10.7. The van der Waals surface area contributed by atoms with Crippen LogP contribution in [0.4, 0.5) is 20.6 Å². The van der Waals surface area contributed by atoms with Gasteiger partial charge in [-0.15, -0.1) is 0 Å². The van der Waals surface area contributed by atoms with Gasteiger partial charge < -0.3 is 10.6 Å². The molecule has 19 heavy (non-hydrogen) atoms. The highest BCUT2D eigenvalue weighted by Gasteiger charge is 2.08. The van der Waals surface area contributed by atoms with Crippen LogP contribution in [0.25, 0.3) is 0 Å². The largest absolute Gasteiger partial charge is 0.323 e. The topological polar surface area (TPSA) is 41.1 Å². The maximum atomic E-state index is 13.4. The first-order valence-corrected chi connectivity index (χ1v) is 6.03. The zero-order valence-electron chi connectivity index (χ0n) is 10.2. The molecule has 5 heteroatoms. The van der Waals surface area contributed by atoms with E-state index in [2.05, 4.69) is 10.6 Å². The monoisotopic (exact) mass is 278 g/mol. The fourth-order valence-corrected chi connectivity index (χ4v) is 1.74. The lowest BCUT2D eigenvalue weighted by atomic mass is 10.2. The summed E-state index contributed by atoms with van der Waals surface area (Å²) in [5, 5.41) is 5.43. The van der Waals surface area contributed by atoms with Crippen molar-refractivity contribution >= 4 is 29.0 Å². The summed E-state index contributed by atoms with van der Waals surface area (Å²) in [5.41, 5.74) is 1.56. The second-order valence-corrected chi connectivity index (χ2v) is 4.45. The molecule has 0 atom stereocenters. The molecule has 0 aromatic heterocycles. The number of anilines is 2. The summed E-state index contributed by atoms with van der Waals surface area (Å²) in [5.74, 6) is -0.493. The van der Waals surface area contributed by atoms with Crippen LogP contribution in [-0.2, 0) is 0 Å². The second-order valence-electron chi connectivity index (χ2n) is 4.04. The molecular weight excluding hydrogens is 267 g/mol. The maximum absolute atomic E-state index is 13.4. The lowest BCUT2D eigenvalue weighted by Crippen LogP contribution is -2.20. The lowest BCUT2D eigenvalue weighted by molar-refractivity contribution is 0.262. The first-order valence-electron chi connectivity index (χ1n) is 5.65. The van der Waals surface area contributed by atoms with E-state index in [0.29, 0.717) is 10.7 Å². The minimum absolute atomic E-state index is 0.115. The summed E-state index contributed by atoms with van der Waals surface area (Å²) >= 11 is 5.96. The van der Waals surface area contributed by atoms with Crippen molar-refractivity contribution in [3.8, 4) is 0 Å². The van der Waals surface area contributed by atoms with Gasteiger partial charge in [-0.05, 0) is 36.8 Å². The van der Waals surface area contributed by atoms with E-state index in [1.807, 2.05) is 13.0 Å². The molecule has 0 saturated carbocycles. The number of aryl methyl sites for hydroxylation is 1. The Labute approximate surface area is 115 Å². The summed E-state index contributed by atoms with van der Waals surface area (Å²) in [6.45, 7) is 1.89. The van der Waals surface area contributed by atoms with E-state index in [4.69, 9.17) is 11.6 Å². The molecule has 0 radical (unpaired) electrons. The van der Waals surface area contributed by atoms with Crippen molar-refractivity contribution in [1.82, 2.24) is 0 Å². The summed E-state index contributed by atoms with van der Waals surface area (Å²) in [7, 11) is 0. The molecule has 0 aliphatic rings. The van der Waals surface area contributed by atoms with Crippen LogP contribution in [0.3, 0.4) is 0 Å². The number of carbonyl (C=O) groups is 1. The number of hydrogen-bond acceptors (Lipinski definition) is 1. The van der Waals surface area contributed by atoms with E-state index in [-0.39, 0.29) is 5.69 Å². The first-order chi connectivity index (χ1) is 9.06. The Balaban J connectivity index is 2.10. The smallest absolute Gasteiger partial charge is 0.306 e. The molecule has 3 nitrogen and oxygen atoms in total. The van der Waals surface area contributed by atoms with Gasteiger partial charge in [0.05, 0.1) is 16.4 Å². The predicted molar refractivity (Wildman–Crippen MR) is 75.2 cm³/mol. The van der Waals surface area contributed by atoms with Crippen LogP contribution >= 0.6 is 11.6 Å². The van der Waals surface area contributed by atoms with E-state index in [1.54, 1.807) is 24.3 Å². The van der Waals surface area contributed by atoms with Crippen LogP contribution < -0.4 is 10.6 Å². The Morgan fingerprint density at radius 2 is 1.79 bits per heavy atom. The van der Waals surface area contributed by atoms with E-state index >= 15 is 0 Å². The molecule has 0 saturated heterocycles. The van der Waals surface area contributed by atoms with Gasteiger partial charge >= 0.3 is 6.03 Å². The Bertz CT molecular complexity index is 616. The molecule has 0 aliphatic carbocycles. The standard InChI is InChI=1S/C14H12ClFN2O/c1-9-6-7-10(15)13(8-9)18-14(19)17-12-5-3-2-4-11(12)16/h2-8H,1H3,(H2,17,18,19). The van der Waals surface area contributed by atoms with E-state index in [9.17, 15) is 9.18 Å². The number of halogens is 2. The fraction of sp³-hybridized carbons (Fsp3) is 0.0714. The highest BCUT2D eigenvalue weighted by molar-refractivity contribution is 6.33. The van der Waals surface area contributed by atoms with Gasteiger partial charge in [0.2, 0.25) is 0 Å². The number of benzene rings is 2. The number of rotatable bonds is 2. The minimum atomic E-state index is -0.544. The number of amides is 2. The third-order valence-corrected chi connectivity index (χ3v) is 2.82. The molecule has 2 rings (SSSR count). The van der Waals surface area contributed by atoms with Crippen molar-refractivity contribution < 1.29 is 9.18 Å². The van der Waals surface area contributed by atoms with Crippen molar-refractivity contribution in [2.24, 2.45) is 0 Å². The molecule has 0 fully saturated rings. The Morgan fingerprint density at radius 3 is 2.53 bits per heavy atom. The van der Waals surface area contributed by atoms with Crippen LogP contribution in [-0.4, -0.2) is 6.03 Å². The maximum Gasteiger partial charge on any atom is 0.323 e. The number of hydrogen-bond donors (Lipinski definition) is 2. The summed E-state index contributed by atoms with van der Waals surface area (Å²) in [4.78, 5) is 11.8. The lowest BCUT2D eigenvalue weighted by Gasteiger charge is -2.10. The SMILES string of the molecule is Cc1ccc(Cl)c(NC(=O)Nc2ccccc2F)c1. The molecular formula is C14H12ClFN2O. The van der Waals surface area contributed by atoms with Gasteiger partial charge in [0.15, 0.2) is 0 Å². The third kappa shape index (κ3) is 3.45. The first kappa shape index (κ1) is 13.4. The number of nitrogens with one attached hydrogen (secondary N) is 2. The van der Waals surface area contributed by atoms with Gasteiger partial charge in [-0.2, -0.15) is 0 Å². The van der Waals surface area contributed by atoms with Gasteiger partial charge in [-0.3, -0.25) is 0 Å². The van der Waals surface area contributed by atoms with Crippen LogP contribution in [0.1, 0.15) is 5.56 Å². The molecule has 0 bridgehead atoms. The van der Waals surface area contributed by atoms with Gasteiger partial charge in [-0.25, -0.2) is 9.18 Å². The molecule has 0 aliphatic heterocycles. The normalized spacial score (nSPS) is 10.1. The quantitative estimate of drug-likeness (QED) is 0.838. The van der Waals surface area contributed by atoms with Crippen LogP contribution in [0.15, 0.2) is 42.5 Å². The number of urea groups is 1. The molecule has 2 N–H and O–H groups in total. The Hall–Kier alpha value is -2.07. The van der Waals surface area contributed by atoms with Crippen molar-refractivity contribution in [2.75, 3.05) is 10.6 Å². The summed E-state index contributed by atoms with van der Waals surface area (Å²) < 4.78 is 13.4. The Morgan fingerprint density at radius 1 is 1.11 bits per heavy atom. The molecule has 2 amide bonds. The molecule has 98 valence electrons. The van der Waals surface area contributed by atoms with E-state index in [1.165, 1.54) is 12.1 Å². The van der Waals surface area contributed by atoms with Crippen molar-refractivity contribution in [3.63, 3.8) is 0 Å². The highest BCUT2D eigenvalue weighted by atomic mass is 35.5. The average molecular weight is 279 g/mol. The van der Waals surface area contributed by atoms with Gasteiger partial charge in [0.1, 0.15) is 5.82 Å². The third-order valence-electron chi connectivity index (χ3n) is 2.49. The molecule has 2 aromatic carbocycles. The molecule has 0 heterocycles. The zero-order valence-corrected chi connectivity index (χ0v) is 11.0. The molecule has 2 aromatic rings. The van der Waals surface area contributed by atoms with Crippen molar-refractivity contribution in [3.05, 3.63) is 58.9 Å². The van der Waals surface area contributed by atoms with E-state index in [0.717, 1.165) is 5.56 Å². The second kappa shape index (κ2) is 5.71. The van der Waals surface area contributed by atoms with Crippen LogP contribution in [0.2, 0.25) is 5.02 Å².